The number of hydrogen-bond donors (Lipinski definition) is 1. The minimum atomic E-state index is -0.552. The van der Waals surface area contributed by atoms with Gasteiger partial charge in [0.15, 0.2) is 0 Å². The fourth-order valence-electron chi connectivity index (χ4n) is 2.11. The van der Waals surface area contributed by atoms with Crippen LogP contribution < -0.4 is 10.5 Å². The molecule has 1 atom stereocenters. The maximum absolute atomic E-state index is 13.2. The zero-order valence-corrected chi connectivity index (χ0v) is 11.0. The van der Waals surface area contributed by atoms with Gasteiger partial charge in [-0.3, -0.25) is 0 Å². The normalized spacial score (nSPS) is 13.8. The monoisotopic (exact) mass is 259 g/mol. The Balaban J connectivity index is 2.30. The van der Waals surface area contributed by atoms with Crippen molar-refractivity contribution in [2.75, 3.05) is 6.54 Å². The molecule has 19 heavy (non-hydrogen) atoms. The van der Waals surface area contributed by atoms with Gasteiger partial charge in [0.2, 0.25) is 0 Å². The number of hydrogen-bond acceptors (Lipinski definition) is 2. The number of benzene rings is 2. The van der Waals surface area contributed by atoms with Crippen LogP contribution in [0.1, 0.15) is 18.9 Å². The average Bonchev–Trinajstić information content (AvgIpc) is 2.40. The van der Waals surface area contributed by atoms with E-state index in [1.54, 1.807) is 12.1 Å². The van der Waals surface area contributed by atoms with Gasteiger partial charge in [0.1, 0.15) is 17.2 Å². The first kappa shape index (κ1) is 13.6. The van der Waals surface area contributed by atoms with Crippen molar-refractivity contribution in [3.63, 3.8) is 0 Å². The molecule has 2 aromatic carbocycles. The molecule has 0 bridgehead atoms. The van der Waals surface area contributed by atoms with Gasteiger partial charge in [-0.25, -0.2) is 4.39 Å². The molecule has 0 saturated heterocycles. The largest absolute Gasteiger partial charge is 0.483 e. The maximum Gasteiger partial charge on any atom is 0.132 e. The van der Waals surface area contributed by atoms with E-state index < -0.39 is 5.60 Å². The van der Waals surface area contributed by atoms with Gasteiger partial charge >= 0.3 is 0 Å². The molecule has 2 N–H and O–H groups in total. The third kappa shape index (κ3) is 3.32. The molecule has 0 saturated carbocycles. The number of nitrogens with two attached hydrogens (primary N) is 1. The van der Waals surface area contributed by atoms with E-state index in [9.17, 15) is 4.39 Å². The first-order valence-corrected chi connectivity index (χ1v) is 6.34. The average molecular weight is 259 g/mol. The molecule has 0 aromatic heterocycles. The Morgan fingerprint density at radius 3 is 2.47 bits per heavy atom. The molecule has 0 spiro atoms. The summed E-state index contributed by atoms with van der Waals surface area (Å²) in [6, 6.07) is 16.0. The summed E-state index contributed by atoms with van der Waals surface area (Å²) < 4.78 is 19.2. The van der Waals surface area contributed by atoms with E-state index in [1.165, 1.54) is 12.1 Å². The lowest BCUT2D eigenvalue weighted by atomic mass is 9.92. The van der Waals surface area contributed by atoms with Crippen molar-refractivity contribution in [3.8, 4) is 5.75 Å². The molecular weight excluding hydrogens is 241 g/mol. The Morgan fingerprint density at radius 1 is 1.11 bits per heavy atom. The fourth-order valence-corrected chi connectivity index (χ4v) is 2.11. The van der Waals surface area contributed by atoms with Crippen LogP contribution in [0.5, 0.6) is 5.75 Å². The van der Waals surface area contributed by atoms with Crippen molar-refractivity contribution in [3.05, 3.63) is 66.0 Å². The molecule has 3 heteroatoms. The smallest absolute Gasteiger partial charge is 0.132 e. The summed E-state index contributed by atoms with van der Waals surface area (Å²) in [4.78, 5) is 0. The molecule has 2 aromatic rings. The Labute approximate surface area is 113 Å². The summed E-state index contributed by atoms with van der Waals surface area (Å²) in [7, 11) is 0. The third-order valence-electron chi connectivity index (χ3n) is 3.15. The van der Waals surface area contributed by atoms with Crippen molar-refractivity contribution in [1.82, 2.24) is 0 Å². The Kier molecular flexibility index (Phi) is 4.17. The molecule has 2 nitrogen and oxygen atoms in total. The Morgan fingerprint density at radius 2 is 1.84 bits per heavy atom. The van der Waals surface area contributed by atoms with Gasteiger partial charge < -0.3 is 10.5 Å². The predicted octanol–water partition coefficient (Wildman–Crippen LogP) is 3.47. The van der Waals surface area contributed by atoms with E-state index in [0.29, 0.717) is 18.7 Å². The van der Waals surface area contributed by atoms with Crippen molar-refractivity contribution >= 4 is 0 Å². The fraction of sp³-hybridized carbons (Fsp3) is 0.250. The summed E-state index contributed by atoms with van der Waals surface area (Å²) in [5.74, 6) is 0.209. The van der Waals surface area contributed by atoms with Crippen LogP contribution in [0.4, 0.5) is 4.39 Å². The number of halogens is 1. The van der Waals surface area contributed by atoms with E-state index in [-0.39, 0.29) is 5.82 Å². The minimum Gasteiger partial charge on any atom is -0.483 e. The lowest BCUT2D eigenvalue weighted by Gasteiger charge is -2.31. The highest BCUT2D eigenvalue weighted by Crippen LogP contribution is 2.31. The quantitative estimate of drug-likeness (QED) is 0.892. The minimum absolute atomic E-state index is 0.305. The molecule has 100 valence electrons. The highest BCUT2D eigenvalue weighted by molar-refractivity contribution is 5.28. The van der Waals surface area contributed by atoms with Crippen LogP contribution in [-0.2, 0) is 5.60 Å². The molecule has 0 radical (unpaired) electrons. The van der Waals surface area contributed by atoms with Gasteiger partial charge in [-0.2, -0.15) is 0 Å². The SMILES string of the molecule is CC(CCN)(Oc1cccc(F)c1)c1ccccc1. The second-order valence-electron chi connectivity index (χ2n) is 4.69. The van der Waals surface area contributed by atoms with Crippen LogP contribution in [0.15, 0.2) is 54.6 Å². The molecule has 0 fully saturated rings. The van der Waals surface area contributed by atoms with Gasteiger partial charge in [0, 0.05) is 12.5 Å². The lowest BCUT2D eigenvalue weighted by Crippen LogP contribution is -2.32. The predicted molar refractivity (Wildman–Crippen MR) is 74.5 cm³/mol. The molecule has 0 aliphatic carbocycles. The second kappa shape index (κ2) is 5.85. The first-order valence-electron chi connectivity index (χ1n) is 6.34. The molecule has 0 amide bonds. The molecular formula is C16H18FNO. The van der Waals surface area contributed by atoms with E-state index in [1.807, 2.05) is 37.3 Å². The van der Waals surface area contributed by atoms with Crippen LogP contribution in [0.25, 0.3) is 0 Å². The number of rotatable bonds is 5. The van der Waals surface area contributed by atoms with Gasteiger partial charge in [-0.15, -0.1) is 0 Å². The summed E-state index contributed by atoms with van der Waals surface area (Å²) in [5, 5.41) is 0. The summed E-state index contributed by atoms with van der Waals surface area (Å²) >= 11 is 0. The molecule has 1 unspecified atom stereocenters. The van der Waals surface area contributed by atoms with E-state index in [4.69, 9.17) is 10.5 Å². The summed E-state index contributed by atoms with van der Waals surface area (Å²) in [5.41, 5.74) is 6.16. The van der Waals surface area contributed by atoms with Crippen LogP contribution >= 0.6 is 0 Å². The Bertz CT molecular complexity index is 529. The van der Waals surface area contributed by atoms with E-state index in [0.717, 1.165) is 5.56 Å². The zero-order valence-electron chi connectivity index (χ0n) is 11.0. The van der Waals surface area contributed by atoms with Crippen molar-refractivity contribution in [2.45, 2.75) is 18.9 Å². The molecule has 0 aliphatic rings. The summed E-state index contributed by atoms with van der Waals surface area (Å²) in [6.07, 6.45) is 0.660. The highest BCUT2D eigenvalue weighted by atomic mass is 19.1. The van der Waals surface area contributed by atoms with Gasteiger partial charge in [-0.05, 0) is 31.2 Å². The van der Waals surface area contributed by atoms with Crippen molar-refractivity contribution in [2.24, 2.45) is 5.73 Å². The van der Waals surface area contributed by atoms with Crippen LogP contribution in [0.2, 0.25) is 0 Å². The molecule has 0 heterocycles. The van der Waals surface area contributed by atoms with Crippen molar-refractivity contribution < 1.29 is 9.13 Å². The van der Waals surface area contributed by atoms with Gasteiger partial charge in [-0.1, -0.05) is 36.4 Å². The standard InChI is InChI=1S/C16H18FNO/c1-16(10-11-18,13-6-3-2-4-7-13)19-15-9-5-8-14(17)12-15/h2-9,12H,10-11,18H2,1H3. The Hall–Kier alpha value is -1.87. The van der Waals surface area contributed by atoms with Crippen molar-refractivity contribution in [1.29, 1.82) is 0 Å². The van der Waals surface area contributed by atoms with Crippen LogP contribution in [0, 0.1) is 5.82 Å². The number of ether oxygens (including phenoxy) is 1. The summed E-state index contributed by atoms with van der Waals surface area (Å²) in [6.45, 7) is 2.47. The van der Waals surface area contributed by atoms with Crippen LogP contribution in [0.3, 0.4) is 0 Å². The topological polar surface area (TPSA) is 35.2 Å². The highest BCUT2D eigenvalue weighted by Gasteiger charge is 2.28. The molecule has 2 rings (SSSR count). The molecule has 0 aliphatic heterocycles. The third-order valence-corrected chi connectivity index (χ3v) is 3.15. The van der Waals surface area contributed by atoms with E-state index >= 15 is 0 Å². The maximum atomic E-state index is 13.2. The van der Waals surface area contributed by atoms with Gasteiger partial charge in [0.05, 0.1) is 0 Å². The van der Waals surface area contributed by atoms with E-state index in [2.05, 4.69) is 0 Å². The van der Waals surface area contributed by atoms with Crippen LogP contribution in [-0.4, -0.2) is 6.54 Å². The second-order valence-corrected chi connectivity index (χ2v) is 4.69. The van der Waals surface area contributed by atoms with Gasteiger partial charge in [0.25, 0.3) is 0 Å². The zero-order chi connectivity index (χ0) is 13.7. The lowest BCUT2D eigenvalue weighted by molar-refractivity contribution is 0.0793. The first-order chi connectivity index (χ1) is 9.14.